The first kappa shape index (κ1) is 19.7. The molecule has 0 bridgehead atoms. The van der Waals surface area contributed by atoms with Crippen LogP contribution in [0.15, 0.2) is 101 Å². The zero-order chi connectivity index (χ0) is 20.8. The van der Waals surface area contributed by atoms with E-state index in [1.54, 1.807) is 0 Å². The summed E-state index contributed by atoms with van der Waals surface area (Å²) in [4.78, 5) is 31.7. The molecule has 0 fully saturated rings. The number of amides is 1. The minimum atomic E-state index is -0.249. The summed E-state index contributed by atoms with van der Waals surface area (Å²) in [5.74, 6) is -0.0410. The van der Waals surface area contributed by atoms with Crippen molar-refractivity contribution in [2.24, 2.45) is 0 Å². The molecule has 0 atom stereocenters. The number of carbonyl (C=O) groups is 1. The Bertz CT molecular complexity index is 1210. The van der Waals surface area contributed by atoms with Gasteiger partial charge in [0.15, 0.2) is 5.16 Å². The molecule has 2 N–H and O–H groups in total. The Morgan fingerprint density at radius 3 is 2.23 bits per heavy atom. The maximum Gasteiger partial charge on any atom is 0.252 e. The number of nitrogens with one attached hydrogen (secondary N) is 2. The molecule has 0 saturated carbocycles. The maximum atomic E-state index is 12.6. The highest BCUT2D eigenvalue weighted by atomic mass is 32.2. The highest BCUT2D eigenvalue weighted by molar-refractivity contribution is 7.99. The summed E-state index contributed by atoms with van der Waals surface area (Å²) < 4.78 is 0. The van der Waals surface area contributed by atoms with Gasteiger partial charge in [0.1, 0.15) is 0 Å². The number of nitrogens with zero attached hydrogens (tertiary/aromatic N) is 1. The predicted molar refractivity (Wildman–Crippen MR) is 122 cm³/mol. The van der Waals surface area contributed by atoms with Crippen molar-refractivity contribution < 1.29 is 4.79 Å². The van der Waals surface area contributed by atoms with Crippen molar-refractivity contribution in [1.82, 2.24) is 9.97 Å². The Kier molecular flexibility index (Phi) is 6.06. The fourth-order valence-electron chi connectivity index (χ4n) is 3.04. The zero-order valence-corrected chi connectivity index (χ0v) is 16.9. The molecule has 0 radical (unpaired) electrons. The van der Waals surface area contributed by atoms with Gasteiger partial charge in [-0.1, -0.05) is 90.6 Å². The predicted octanol–water partition coefficient (Wildman–Crippen LogP) is 4.83. The van der Waals surface area contributed by atoms with Crippen LogP contribution in [0.25, 0.3) is 22.4 Å². The van der Waals surface area contributed by atoms with E-state index < -0.39 is 0 Å². The second-order valence-electron chi connectivity index (χ2n) is 6.55. The first-order valence-corrected chi connectivity index (χ1v) is 10.4. The number of hydrogen-bond donors (Lipinski definition) is 2. The van der Waals surface area contributed by atoms with Gasteiger partial charge in [0, 0.05) is 22.9 Å². The second kappa shape index (κ2) is 9.24. The van der Waals surface area contributed by atoms with E-state index in [-0.39, 0.29) is 17.2 Å². The van der Waals surface area contributed by atoms with Gasteiger partial charge < -0.3 is 10.3 Å². The summed E-state index contributed by atoms with van der Waals surface area (Å²) in [5.41, 5.74) is 3.91. The van der Waals surface area contributed by atoms with Crippen molar-refractivity contribution in [3.63, 3.8) is 0 Å². The van der Waals surface area contributed by atoms with Gasteiger partial charge in [-0.3, -0.25) is 9.59 Å². The van der Waals surface area contributed by atoms with Crippen LogP contribution in [0.4, 0.5) is 5.69 Å². The normalized spacial score (nSPS) is 10.5. The first-order valence-electron chi connectivity index (χ1n) is 9.43. The van der Waals surface area contributed by atoms with E-state index in [0.29, 0.717) is 10.9 Å². The molecular weight excluding hydrogens is 394 g/mol. The standard InChI is InChI=1S/C24H19N3O2S/c28-22-15-21(18-11-5-2-6-12-18)26-24(27-22)30-16-23(29)25-20-14-8-7-13-19(20)17-9-3-1-4-10-17/h1-15H,16H2,(H,25,29)(H,26,27,28). The number of thioether (sulfide) groups is 1. The van der Waals surface area contributed by atoms with E-state index >= 15 is 0 Å². The van der Waals surface area contributed by atoms with Gasteiger partial charge in [-0.15, -0.1) is 0 Å². The van der Waals surface area contributed by atoms with Crippen molar-refractivity contribution >= 4 is 23.4 Å². The lowest BCUT2D eigenvalue weighted by molar-refractivity contribution is -0.113. The van der Waals surface area contributed by atoms with Crippen molar-refractivity contribution in [2.75, 3.05) is 11.1 Å². The van der Waals surface area contributed by atoms with Crippen LogP contribution in [-0.4, -0.2) is 21.6 Å². The van der Waals surface area contributed by atoms with E-state index in [2.05, 4.69) is 15.3 Å². The lowest BCUT2D eigenvalue weighted by Crippen LogP contribution is -2.16. The smallest absolute Gasteiger partial charge is 0.252 e. The van der Waals surface area contributed by atoms with Crippen molar-refractivity contribution in [3.05, 3.63) is 101 Å². The fourth-order valence-corrected chi connectivity index (χ4v) is 3.72. The van der Waals surface area contributed by atoms with Gasteiger partial charge in [-0.25, -0.2) is 4.98 Å². The van der Waals surface area contributed by atoms with Crippen molar-refractivity contribution in [1.29, 1.82) is 0 Å². The first-order chi connectivity index (χ1) is 14.7. The molecule has 5 nitrogen and oxygen atoms in total. The van der Waals surface area contributed by atoms with Crippen LogP contribution in [0, 0.1) is 0 Å². The zero-order valence-electron chi connectivity index (χ0n) is 16.0. The summed E-state index contributed by atoms with van der Waals surface area (Å²) in [6.07, 6.45) is 0. The van der Waals surface area contributed by atoms with Crippen LogP contribution >= 0.6 is 11.8 Å². The number of anilines is 1. The molecule has 1 heterocycles. The number of rotatable bonds is 6. The van der Waals surface area contributed by atoms with Crippen LogP contribution in [0.5, 0.6) is 0 Å². The van der Waals surface area contributed by atoms with Crippen LogP contribution < -0.4 is 10.9 Å². The Hall–Kier alpha value is -3.64. The minimum absolute atomic E-state index is 0.129. The molecule has 4 aromatic rings. The lowest BCUT2D eigenvalue weighted by Gasteiger charge is -2.11. The van der Waals surface area contributed by atoms with Crippen LogP contribution in [-0.2, 0) is 4.79 Å². The van der Waals surface area contributed by atoms with E-state index in [9.17, 15) is 9.59 Å². The van der Waals surface area contributed by atoms with Crippen LogP contribution in [0.2, 0.25) is 0 Å². The monoisotopic (exact) mass is 413 g/mol. The number of aromatic nitrogens is 2. The number of benzene rings is 3. The Morgan fingerprint density at radius 2 is 1.50 bits per heavy atom. The lowest BCUT2D eigenvalue weighted by atomic mass is 10.0. The molecule has 4 rings (SSSR count). The number of hydrogen-bond acceptors (Lipinski definition) is 4. The average Bonchev–Trinajstić information content (AvgIpc) is 2.79. The fraction of sp³-hybridized carbons (Fsp3) is 0.0417. The number of carbonyl (C=O) groups excluding carboxylic acids is 1. The second-order valence-corrected chi connectivity index (χ2v) is 7.51. The topological polar surface area (TPSA) is 74.8 Å². The van der Waals surface area contributed by atoms with E-state index in [1.807, 2.05) is 84.9 Å². The van der Waals surface area contributed by atoms with Crippen LogP contribution in [0.3, 0.4) is 0 Å². The summed E-state index contributed by atoms with van der Waals surface area (Å²) in [6, 6.07) is 28.5. The van der Waals surface area contributed by atoms with E-state index in [1.165, 1.54) is 17.8 Å². The van der Waals surface area contributed by atoms with Gasteiger partial charge in [0.2, 0.25) is 5.91 Å². The van der Waals surface area contributed by atoms with Crippen LogP contribution in [0.1, 0.15) is 0 Å². The largest absolute Gasteiger partial charge is 0.325 e. The SMILES string of the molecule is O=C(CSc1nc(-c2ccccc2)cc(=O)[nH]1)Nc1ccccc1-c1ccccc1. The van der Waals surface area contributed by atoms with Crippen molar-refractivity contribution in [3.8, 4) is 22.4 Å². The van der Waals surface area contributed by atoms with Gasteiger partial charge in [0.25, 0.3) is 5.56 Å². The molecule has 0 saturated heterocycles. The Morgan fingerprint density at radius 1 is 0.867 bits per heavy atom. The Balaban J connectivity index is 1.47. The molecule has 6 heteroatoms. The van der Waals surface area contributed by atoms with Gasteiger partial charge in [-0.05, 0) is 11.6 Å². The third-order valence-corrected chi connectivity index (χ3v) is 5.29. The minimum Gasteiger partial charge on any atom is -0.325 e. The third-order valence-electron chi connectivity index (χ3n) is 4.42. The molecule has 30 heavy (non-hydrogen) atoms. The molecule has 0 spiro atoms. The number of para-hydroxylation sites is 1. The molecule has 0 aliphatic heterocycles. The molecule has 1 aromatic heterocycles. The molecule has 0 aliphatic carbocycles. The highest BCUT2D eigenvalue weighted by Gasteiger charge is 2.10. The van der Waals surface area contributed by atoms with E-state index in [0.717, 1.165) is 22.4 Å². The third kappa shape index (κ3) is 4.85. The summed E-state index contributed by atoms with van der Waals surface area (Å²) in [7, 11) is 0. The quantitative estimate of drug-likeness (QED) is 0.351. The van der Waals surface area contributed by atoms with Gasteiger partial charge in [0.05, 0.1) is 11.4 Å². The molecular formula is C24H19N3O2S. The summed E-state index contributed by atoms with van der Waals surface area (Å²) in [5, 5.41) is 3.37. The van der Waals surface area contributed by atoms with Crippen molar-refractivity contribution in [2.45, 2.75) is 5.16 Å². The van der Waals surface area contributed by atoms with Gasteiger partial charge >= 0.3 is 0 Å². The molecule has 0 unspecified atom stereocenters. The summed E-state index contributed by atoms with van der Waals surface area (Å²) in [6.45, 7) is 0. The number of H-pyrrole nitrogens is 1. The number of aromatic amines is 1. The maximum absolute atomic E-state index is 12.6. The Labute approximate surface area is 178 Å². The highest BCUT2D eigenvalue weighted by Crippen LogP contribution is 2.28. The molecule has 0 aliphatic rings. The molecule has 3 aromatic carbocycles. The summed E-state index contributed by atoms with van der Waals surface area (Å²) >= 11 is 1.19. The average molecular weight is 414 g/mol. The van der Waals surface area contributed by atoms with E-state index in [4.69, 9.17) is 0 Å². The van der Waals surface area contributed by atoms with Gasteiger partial charge in [-0.2, -0.15) is 0 Å². The molecule has 1 amide bonds. The molecule has 148 valence electrons.